The van der Waals surface area contributed by atoms with E-state index >= 15 is 0 Å². The molecule has 6 nitrogen and oxygen atoms in total. The van der Waals surface area contributed by atoms with E-state index in [0.29, 0.717) is 51.4 Å². The Morgan fingerprint density at radius 1 is 0.964 bits per heavy atom. The quantitative estimate of drug-likeness (QED) is 0.714. The van der Waals surface area contributed by atoms with Crippen LogP contribution >= 0.6 is 0 Å². The van der Waals surface area contributed by atoms with Gasteiger partial charge in [0.2, 0.25) is 15.9 Å². The summed E-state index contributed by atoms with van der Waals surface area (Å²) in [7, 11) is -3.56. The molecule has 0 radical (unpaired) electrons. The molecule has 2 aromatic rings. The van der Waals surface area contributed by atoms with Gasteiger partial charge in [-0.25, -0.2) is 8.42 Å². The number of sulfonamides is 1. The third-order valence-corrected chi connectivity index (χ3v) is 6.75. The highest BCUT2D eigenvalue weighted by Crippen LogP contribution is 2.21. The monoisotopic (exact) mass is 402 g/mol. The van der Waals surface area contributed by atoms with Gasteiger partial charge in [0.05, 0.1) is 11.5 Å². The van der Waals surface area contributed by atoms with Crippen LogP contribution in [0.2, 0.25) is 0 Å². The largest absolute Gasteiger partial charge is 0.494 e. The first-order valence-electron chi connectivity index (χ1n) is 9.55. The maximum absolute atomic E-state index is 12.8. The Morgan fingerprint density at radius 3 is 2.21 bits per heavy atom. The molecule has 0 aromatic heterocycles. The van der Waals surface area contributed by atoms with Crippen molar-refractivity contribution in [3.63, 3.8) is 0 Å². The average molecular weight is 403 g/mol. The second kappa shape index (κ2) is 9.21. The van der Waals surface area contributed by atoms with Crippen LogP contribution in [0.5, 0.6) is 5.75 Å². The molecular weight excluding hydrogens is 376 g/mol. The number of amides is 1. The molecule has 2 aromatic carbocycles. The molecule has 1 heterocycles. The average Bonchev–Trinajstić information content (AvgIpc) is 2.73. The van der Waals surface area contributed by atoms with Gasteiger partial charge in [-0.3, -0.25) is 4.79 Å². The molecule has 3 rings (SSSR count). The number of carbonyl (C=O) groups is 1. The molecule has 0 saturated carbocycles. The summed E-state index contributed by atoms with van der Waals surface area (Å²) in [5.41, 5.74) is 1.13. The van der Waals surface area contributed by atoms with Gasteiger partial charge < -0.3 is 9.64 Å². The van der Waals surface area contributed by atoms with E-state index in [2.05, 4.69) is 0 Å². The molecule has 0 aliphatic carbocycles. The summed E-state index contributed by atoms with van der Waals surface area (Å²) in [6.45, 7) is 3.88. The zero-order valence-electron chi connectivity index (χ0n) is 16.1. The van der Waals surface area contributed by atoms with Gasteiger partial charge in [0.1, 0.15) is 5.75 Å². The minimum absolute atomic E-state index is 0.0713. The van der Waals surface area contributed by atoms with E-state index in [-0.39, 0.29) is 10.8 Å². The molecule has 0 spiro atoms. The highest BCUT2D eigenvalue weighted by molar-refractivity contribution is 7.89. The van der Waals surface area contributed by atoms with E-state index < -0.39 is 10.0 Å². The van der Waals surface area contributed by atoms with Crippen molar-refractivity contribution in [3.05, 3.63) is 60.2 Å². The first kappa shape index (κ1) is 20.4. The summed E-state index contributed by atoms with van der Waals surface area (Å²) < 4.78 is 32.5. The highest BCUT2D eigenvalue weighted by Gasteiger charge is 2.29. The van der Waals surface area contributed by atoms with Crippen LogP contribution in [-0.2, 0) is 21.2 Å². The predicted molar refractivity (Wildman–Crippen MR) is 108 cm³/mol. The van der Waals surface area contributed by atoms with Crippen LogP contribution in [0.25, 0.3) is 0 Å². The lowest BCUT2D eigenvalue weighted by Gasteiger charge is -2.34. The molecule has 0 bridgehead atoms. The molecule has 7 heteroatoms. The molecule has 1 fully saturated rings. The summed E-state index contributed by atoms with van der Waals surface area (Å²) in [6, 6.07) is 16.4. The van der Waals surface area contributed by atoms with Gasteiger partial charge in [0.15, 0.2) is 0 Å². The van der Waals surface area contributed by atoms with E-state index in [1.165, 1.54) is 4.31 Å². The van der Waals surface area contributed by atoms with Crippen LogP contribution < -0.4 is 4.74 Å². The summed E-state index contributed by atoms with van der Waals surface area (Å²) in [5.74, 6) is 0.720. The molecule has 0 N–H and O–H groups in total. The van der Waals surface area contributed by atoms with E-state index in [0.717, 1.165) is 5.56 Å². The number of ether oxygens (including phenoxy) is 1. The highest BCUT2D eigenvalue weighted by atomic mass is 32.2. The number of nitrogens with zero attached hydrogens (tertiary/aromatic N) is 2. The fourth-order valence-corrected chi connectivity index (χ4v) is 4.68. The molecule has 1 amide bonds. The first-order valence-corrected chi connectivity index (χ1v) is 11.0. The van der Waals surface area contributed by atoms with Gasteiger partial charge in [0.25, 0.3) is 0 Å². The fourth-order valence-electron chi connectivity index (χ4n) is 3.26. The molecule has 0 atom stereocenters. The van der Waals surface area contributed by atoms with Gasteiger partial charge >= 0.3 is 0 Å². The third-order valence-electron chi connectivity index (χ3n) is 4.83. The second-order valence-electron chi connectivity index (χ2n) is 6.67. The Labute approximate surface area is 166 Å². The van der Waals surface area contributed by atoms with Crippen molar-refractivity contribution in [2.45, 2.75) is 24.7 Å². The first-order chi connectivity index (χ1) is 13.5. The minimum Gasteiger partial charge on any atom is -0.494 e. The van der Waals surface area contributed by atoms with Gasteiger partial charge in [-0.2, -0.15) is 4.31 Å². The van der Waals surface area contributed by atoms with Crippen LogP contribution in [0.15, 0.2) is 59.5 Å². The number of hydrogen-bond donors (Lipinski definition) is 0. The Bertz CT molecular complexity index is 874. The number of hydrogen-bond acceptors (Lipinski definition) is 4. The number of aryl methyl sites for hydroxylation is 1. The van der Waals surface area contributed by atoms with Crippen molar-refractivity contribution in [3.8, 4) is 5.75 Å². The summed E-state index contributed by atoms with van der Waals surface area (Å²) >= 11 is 0. The number of carbonyl (C=O) groups excluding carboxylic acids is 1. The van der Waals surface area contributed by atoms with Gasteiger partial charge in [0, 0.05) is 32.6 Å². The van der Waals surface area contributed by atoms with Crippen molar-refractivity contribution in [1.82, 2.24) is 9.21 Å². The normalized spacial score (nSPS) is 15.4. The minimum atomic E-state index is -3.56. The SMILES string of the molecule is CCOc1ccc(S(=O)(=O)N2CCN(C(=O)CCc3ccccc3)CC2)cc1. The van der Waals surface area contributed by atoms with E-state index in [4.69, 9.17) is 4.74 Å². The summed E-state index contributed by atoms with van der Waals surface area (Å²) in [6.07, 6.45) is 1.14. The van der Waals surface area contributed by atoms with E-state index in [9.17, 15) is 13.2 Å². The van der Waals surface area contributed by atoms with Crippen molar-refractivity contribution < 1.29 is 17.9 Å². The predicted octanol–water partition coefficient (Wildman–Crippen LogP) is 2.55. The third kappa shape index (κ3) is 4.91. The molecule has 150 valence electrons. The topological polar surface area (TPSA) is 66.9 Å². The Hall–Kier alpha value is -2.38. The Balaban J connectivity index is 1.54. The lowest BCUT2D eigenvalue weighted by atomic mass is 10.1. The van der Waals surface area contributed by atoms with Crippen LogP contribution in [0.4, 0.5) is 0 Å². The van der Waals surface area contributed by atoms with Crippen molar-refractivity contribution in [2.24, 2.45) is 0 Å². The van der Waals surface area contributed by atoms with Gasteiger partial charge in [-0.15, -0.1) is 0 Å². The summed E-state index contributed by atoms with van der Waals surface area (Å²) in [4.78, 5) is 14.4. The molecule has 28 heavy (non-hydrogen) atoms. The maximum atomic E-state index is 12.8. The molecule has 1 aliphatic heterocycles. The zero-order valence-corrected chi connectivity index (χ0v) is 16.9. The standard InChI is InChI=1S/C21H26N2O4S/c1-2-27-19-9-11-20(12-10-19)28(25,26)23-16-14-22(15-17-23)21(24)13-8-18-6-4-3-5-7-18/h3-7,9-12H,2,8,13-17H2,1H3. The van der Waals surface area contributed by atoms with Crippen LogP contribution in [0.1, 0.15) is 18.9 Å². The second-order valence-corrected chi connectivity index (χ2v) is 8.61. The molecule has 0 unspecified atom stereocenters. The van der Waals surface area contributed by atoms with Crippen molar-refractivity contribution >= 4 is 15.9 Å². The van der Waals surface area contributed by atoms with Crippen molar-refractivity contribution in [1.29, 1.82) is 0 Å². The molecule has 1 saturated heterocycles. The zero-order chi connectivity index (χ0) is 20.0. The molecular formula is C21H26N2O4S. The summed E-state index contributed by atoms with van der Waals surface area (Å²) in [5, 5.41) is 0. The lowest BCUT2D eigenvalue weighted by Crippen LogP contribution is -2.50. The van der Waals surface area contributed by atoms with E-state index in [1.807, 2.05) is 37.3 Å². The van der Waals surface area contributed by atoms with Crippen molar-refractivity contribution in [2.75, 3.05) is 32.8 Å². The lowest BCUT2D eigenvalue weighted by molar-refractivity contribution is -0.132. The molecule has 1 aliphatic rings. The number of piperazine rings is 1. The number of rotatable bonds is 7. The van der Waals surface area contributed by atoms with Crippen LogP contribution in [0.3, 0.4) is 0 Å². The van der Waals surface area contributed by atoms with E-state index in [1.54, 1.807) is 29.2 Å². The maximum Gasteiger partial charge on any atom is 0.243 e. The number of benzene rings is 2. The Kier molecular flexibility index (Phi) is 6.70. The van der Waals surface area contributed by atoms with Crippen LogP contribution in [0, 0.1) is 0 Å². The van der Waals surface area contributed by atoms with Gasteiger partial charge in [-0.1, -0.05) is 30.3 Å². The van der Waals surface area contributed by atoms with Crippen LogP contribution in [-0.4, -0.2) is 56.3 Å². The Morgan fingerprint density at radius 2 is 1.61 bits per heavy atom. The van der Waals surface area contributed by atoms with Gasteiger partial charge in [-0.05, 0) is 43.2 Å². The fraction of sp³-hybridized carbons (Fsp3) is 0.381. The smallest absolute Gasteiger partial charge is 0.243 e.